The Morgan fingerprint density at radius 1 is 1.11 bits per heavy atom. The van der Waals surface area contributed by atoms with E-state index in [1.54, 1.807) is 11.1 Å². The molecule has 2 N–H and O–H groups in total. The molecule has 0 aliphatic carbocycles. The van der Waals surface area contributed by atoms with Crippen LogP contribution in [-0.2, 0) is 0 Å². The van der Waals surface area contributed by atoms with Gasteiger partial charge in [-0.1, -0.05) is 24.3 Å². The average molecular weight is 239 g/mol. The lowest BCUT2D eigenvalue weighted by Gasteiger charge is -2.26. The summed E-state index contributed by atoms with van der Waals surface area (Å²) in [5, 5.41) is 1.75. The van der Waals surface area contributed by atoms with Crippen molar-refractivity contribution in [3.8, 4) is 5.75 Å². The third-order valence-corrected chi connectivity index (χ3v) is 2.72. The Morgan fingerprint density at radius 3 is 2.89 bits per heavy atom. The maximum atomic E-state index is 5.80. The van der Waals surface area contributed by atoms with E-state index in [0.29, 0.717) is 18.1 Å². The Labute approximate surface area is 105 Å². The second kappa shape index (κ2) is 4.41. The molecule has 1 aliphatic heterocycles. The number of benzene rings is 2. The summed E-state index contributed by atoms with van der Waals surface area (Å²) < 4.78 is 0. The standard InChI is InChI=1S/C14H13N3O/c15-12-5-3-6-13(8-12)18-17-10-16-9-11-4-1-2-7-14(11)17/h1-9H,10,15H2. The van der Waals surface area contributed by atoms with Crippen molar-refractivity contribution in [3.63, 3.8) is 0 Å². The van der Waals surface area contributed by atoms with Gasteiger partial charge in [-0.05, 0) is 18.2 Å². The number of aliphatic imine (C=N–C) groups is 1. The van der Waals surface area contributed by atoms with Gasteiger partial charge in [0, 0.05) is 23.5 Å². The third-order valence-electron chi connectivity index (χ3n) is 2.72. The van der Waals surface area contributed by atoms with Crippen LogP contribution in [0.25, 0.3) is 0 Å². The molecule has 0 radical (unpaired) electrons. The molecule has 4 nitrogen and oxygen atoms in total. The van der Waals surface area contributed by atoms with Gasteiger partial charge >= 0.3 is 0 Å². The molecule has 90 valence electrons. The number of para-hydroxylation sites is 1. The van der Waals surface area contributed by atoms with Gasteiger partial charge < -0.3 is 10.6 Å². The fourth-order valence-corrected chi connectivity index (χ4v) is 1.89. The number of anilines is 2. The van der Waals surface area contributed by atoms with E-state index in [9.17, 15) is 0 Å². The Kier molecular flexibility index (Phi) is 2.61. The number of hydrogen-bond acceptors (Lipinski definition) is 4. The van der Waals surface area contributed by atoms with E-state index in [4.69, 9.17) is 10.6 Å². The minimum Gasteiger partial charge on any atom is -0.399 e. The summed E-state index contributed by atoms with van der Waals surface area (Å²) in [5.41, 5.74) is 8.47. The van der Waals surface area contributed by atoms with Crippen molar-refractivity contribution in [3.05, 3.63) is 54.1 Å². The van der Waals surface area contributed by atoms with Gasteiger partial charge in [-0.3, -0.25) is 4.99 Å². The molecule has 0 amide bonds. The number of nitrogen functional groups attached to an aromatic ring is 1. The molecule has 0 aromatic heterocycles. The first-order valence-corrected chi connectivity index (χ1v) is 5.73. The quantitative estimate of drug-likeness (QED) is 0.819. The van der Waals surface area contributed by atoms with Gasteiger partial charge in [0.25, 0.3) is 0 Å². The molecule has 1 aliphatic rings. The van der Waals surface area contributed by atoms with E-state index in [2.05, 4.69) is 4.99 Å². The third kappa shape index (κ3) is 2.00. The zero-order valence-corrected chi connectivity index (χ0v) is 9.78. The van der Waals surface area contributed by atoms with Crippen LogP contribution in [0.3, 0.4) is 0 Å². The molecular weight excluding hydrogens is 226 g/mol. The van der Waals surface area contributed by atoms with Gasteiger partial charge in [0.05, 0.1) is 5.69 Å². The summed E-state index contributed by atoms with van der Waals surface area (Å²) in [4.78, 5) is 10.1. The Balaban J connectivity index is 1.88. The SMILES string of the molecule is Nc1cccc(ON2CN=Cc3ccccc32)c1. The fourth-order valence-electron chi connectivity index (χ4n) is 1.89. The van der Waals surface area contributed by atoms with Crippen LogP contribution in [0.2, 0.25) is 0 Å². The van der Waals surface area contributed by atoms with E-state index in [-0.39, 0.29) is 0 Å². The lowest BCUT2D eigenvalue weighted by molar-refractivity contribution is 0.281. The molecule has 1 heterocycles. The smallest absolute Gasteiger partial charge is 0.157 e. The van der Waals surface area contributed by atoms with Gasteiger partial charge in [0.2, 0.25) is 0 Å². The molecule has 3 rings (SSSR count). The van der Waals surface area contributed by atoms with Crippen molar-refractivity contribution < 1.29 is 4.84 Å². The van der Waals surface area contributed by atoms with Crippen LogP contribution in [0.1, 0.15) is 5.56 Å². The van der Waals surface area contributed by atoms with Crippen LogP contribution in [0.15, 0.2) is 53.5 Å². The maximum absolute atomic E-state index is 5.80. The molecule has 0 spiro atoms. The van der Waals surface area contributed by atoms with Gasteiger partial charge in [0.15, 0.2) is 5.75 Å². The number of nitrogens with two attached hydrogens (primary N) is 1. The largest absolute Gasteiger partial charge is 0.399 e. The minimum absolute atomic E-state index is 0.478. The minimum atomic E-state index is 0.478. The zero-order valence-electron chi connectivity index (χ0n) is 9.78. The second-order valence-electron chi connectivity index (χ2n) is 4.05. The molecule has 2 aromatic rings. The van der Waals surface area contributed by atoms with Crippen LogP contribution < -0.4 is 15.6 Å². The molecule has 0 unspecified atom stereocenters. The monoisotopic (exact) mass is 239 g/mol. The first-order chi connectivity index (χ1) is 8.83. The molecule has 4 heteroatoms. The highest BCUT2D eigenvalue weighted by Crippen LogP contribution is 2.24. The van der Waals surface area contributed by atoms with Crippen molar-refractivity contribution in [2.45, 2.75) is 0 Å². The van der Waals surface area contributed by atoms with Crippen molar-refractivity contribution in [2.75, 3.05) is 17.5 Å². The van der Waals surface area contributed by atoms with Crippen LogP contribution in [0, 0.1) is 0 Å². The summed E-state index contributed by atoms with van der Waals surface area (Å²) >= 11 is 0. The Hall–Kier alpha value is -2.49. The van der Waals surface area contributed by atoms with Crippen molar-refractivity contribution in [1.29, 1.82) is 0 Å². The fraction of sp³-hybridized carbons (Fsp3) is 0.0714. The Bertz CT molecular complexity index is 595. The second-order valence-corrected chi connectivity index (χ2v) is 4.05. The van der Waals surface area contributed by atoms with Crippen LogP contribution in [0.5, 0.6) is 5.75 Å². The molecule has 2 aromatic carbocycles. The van der Waals surface area contributed by atoms with Crippen LogP contribution in [0.4, 0.5) is 11.4 Å². The van der Waals surface area contributed by atoms with E-state index >= 15 is 0 Å². The van der Waals surface area contributed by atoms with Gasteiger partial charge in [-0.25, -0.2) is 0 Å². The van der Waals surface area contributed by atoms with E-state index < -0.39 is 0 Å². The summed E-state index contributed by atoms with van der Waals surface area (Å²) in [6.07, 6.45) is 1.86. The molecule has 18 heavy (non-hydrogen) atoms. The predicted octanol–water partition coefficient (Wildman–Crippen LogP) is 2.46. The molecule has 0 bridgehead atoms. The number of fused-ring (bicyclic) bond motifs is 1. The van der Waals surface area contributed by atoms with Gasteiger partial charge in [-0.15, -0.1) is 0 Å². The van der Waals surface area contributed by atoms with Crippen molar-refractivity contribution in [1.82, 2.24) is 0 Å². The van der Waals surface area contributed by atoms with Crippen molar-refractivity contribution in [2.24, 2.45) is 4.99 Å². The topological polar surface area (TPSA) is 50.9 Å². The lowest BCUT2D eigenvalue weighted by atomic mass is 10.2. The molecule has 0 atom stereocenters. The number of hydroxylamine groups is 1. The summed E-state index contributed by atoms with van der Waals surface area (Å²) in [6, 6.07) is 15.3. The number of rotatable bonds is 2. The normalized spacial score (nSPS) is 13.2. The highest BCUT2D eigenvalue weighted by molar-refractivity contribution is 5.89. The first kappa shape index (κ1) is 10.7. The van der Waals surface area contributed by atoms with Crippen LogP contribution in [-0.4, -0.2) is 12.9 Å². The maximum Gasteiger partial charge on any atom is 0.157 e. The predicted molar refractivity (Wildman–Crippen MR) is 72.9 cm³/mol. The van der Waals surface area contributed by atoms with Crippen molar-refractivity contribution >= 4 is 17.6 Å². The molecule has 0 saturated heterocycles. The molecule has 0 saturated carbocycles. The first-order valence-electron chi connectivity index (χ1n) is 5.73. The average Bonchev–Trinajstić information content (AvgIpc) is 2.39. The summed E-state index contributed by atoms with van der Waals surface area (Å²) in [7, 11) is 0. The highest BCUT2D eigenvalue weighted by atomic mass is 16.7. The van der Waals surface area contributed by atoms with Gasteiger partial charge in [-0.2, -0.15) is 5.06 Å². The van der Waals surface area contributed by atoms with E-state index in [1.807, 2.05) is 48.7 Å². The molecule has 0 fully saturated rings. The number of nitrogens with zero attached hydrogens (tertiary/aromatic N) is 2. The lowest BCUT2D eigenvalue weighted by Crippen LogP contribution is -2.30. The number of hydrogen-bond donors (Lipinski definition) is 1. The van der Waals surface area contributed by atoms with Crippen LogP contribution >= 0.6 is 0 Å². The summed E-state index contributed by atoms with van der Waals surface area (Å²) in [5.74, 6) is 0.710. The van der Waals surface area contributed by atoms with E-state index in [0.717, 1.165) is 11.3 Å². The Morgan fingerprint density at radius 2 is 2.00 bits per heavy atom. The van der Waals surface area contributed by atoms with Gasteiger partial charge in [0.1, 0.15) is 6.67 Å². The highest BCUT2D eigenvalue weighted by Gasteiger charge is 2.14. The summed E-state index contributed by atoms with van der Waals surface area (Å²) in [6.45, 7) is 0.478. The van der Waals surface area contributed by atoms with E-state index in [1.165, 1.54) is 0 Å². The zero-order chi connectivity index (χ0) is 12.4. The molecular formula is C14H13N3O.